The summed E-state index contributed by atoms with van der Waals surface area (Å²) in [5.41, 5.74) is 1.90. The van der Waals surface area contributed by atoms with Crippen molar-refractivity contribution in [3.63, 3.8) is 0 Å². The van der Waals surface area contributed by atoms with Gasteiger partial charge in [0, 0.05) is 25.2 Å². The number of amides is 2. The van der Waals surface area contributed by atoms with Crippen molar-refractivity contribution in [2.24, 2.45) is 0 Å². The van der Waals surface area contributed by atoms with Crippen molar-refractivity contribution in [2.45, 2.75) is 44.9 Å². The average molecular weight is 523 g/mol. The predicted octanol–water partition coefficient (Wildman–Crippen LogP) is 4.54. The van der Waals surface area contributed by atoms with E-state index in [-0.39, 0.29) is 11.9 Å². The van der Waals surface area contributed by atoms with E-state index in [1.54, 1.807) is 51.1 Å². The molecule has 2 N–H and O–H groups in total. The number of hydrogen-bond donors (Lipinski definition) is 2. The second-order valence-electron chi connectivity index (χ2n) is 10.5. The Morgan fingerprint density at radius 1 is 1.03 bits per heavy atom. The Hall–Kier alpha value is -3.69. The van der Waals surface area contributed by atoms with Crippen molar-refractivity contribution < 1.29 is 23.9 Å². The Morgan fingerprint density at radius 3 is 2.21 bits per heavy atom. The van der Waals surface area contributed by atoms with E-state index in [0.717, 1.165) is 30.6 Å². The van der Waals surface area contributed by atoms with Crippen LogP contribution in [0.25, 0.3) is 6.08 Å². The molecule has 1 unspecified atom stereocenters. The molecule has 2 aromatic rings. The minimum absolute atomic E-state index is 0.286. The number of hydrogen-bond acceptors (Lipinski definition) is 7. The lowest BCUT2D eigenvalue weighted by Gasteiger charge is -2.27. The molecule has 0 radical (unpaired) electrons. The Morgan fingerprint density at radius 2 is 1.66 bits per heavy atom. The van der Waals surface area contributed by atoms with Gasteiger partial charge in [-0.1, -0.05) is 36.4 Å². The fourth-order valence-corrected chi connectivity index (χ4v) is 4.28. The molecule has 204 valence electrons. The van der Waals surface area contributed by atoms with Crippen LogP contribution in [0.4, 0.5) is 16.2 Å². The summed E-state index contributed by atoms with van der Waals surface area (Å²) in [4.78, 5) is 41.7. The van der Waals surface area contributed by atoms with E-state index in [2.05, 4.69) is 34.5 Å². The maximum absolute atomic E-state index is 12.6. The van der Waals surface area contributed by atoms with Crippen molar-refractivity contribution in [2.75, 3.05) is 44.9 Å². The van der Waals surface area contributed by atoms with E-state index in [9.17, 15) is 14.4 Å². The summed E-state index contributed by atoms with van der Waals surface area (Å²) >= 11 is 0. The van der Waals surface area contributed by atoms with Crippen molar-refractivity contribution in [1.82, 2.24) is 9.80 Å². The molecule has 0 saturated carbocycles. The maximum Gasteiger partial charge on any atom is 0.412 e. The Bertz CT molecular complexity index is 1150. The average Bonchev–Trinajstić information content (AvgIpc) is 3.34. The monoisotopic (exact) mass is 522 g/mol. The third-order valence-corrected chi connectivity index (χ3v) is 6.21. The number of carbonyl (C=O) groups is 3. The van der Waals surface area contributed by atoms with Crippen LogP contribution in [0, 0.1) is 0 Å². The van der Waals surface area contributed by atoms with Gasteiger partial charge in [0.25, 0.3) is 0 Å². The summed E-state index contributed by atoms with van der Waals surface area (Å²) in [7, 11) is 5.51. The Balaban J connectivity index is 1.65. The Labute approximate surface area is 224 Å². The zero-order chi connectivity index (χ0) is 27.9. The molecule has 3 rings (SSSR count). The molecule has 1 saturated heterocycles. The zero-order valence-corrected chi connectivity index (χ0v) is 23.0. The van der Waals surface area contributed by atoms with Gasteiger partial charge in [-0.3, -0.25) is 15.0 Å². The van der Waals surface area contributed by atoms with Crippen LogP contribution in [0.1, 0.15) is 44.4 Å². The third kappa shape index (κ3) is 8.16. The minimum atomic E-state index is -0.638. The fraction of sp³-hybridized carbons (Fsp3) is 0.414. The van der Waals surface area contributed by atoms with E-state index in [4.69, 9.17) is 9.47 Å². The van der Waals surface area contributed by atoms with E-state index in [1.807, 2.05) is 24.3 Å². The first-order valence-electron chi connectivity index (χ1n) is 12.6. The van der Waals surface area contributed by atoms with Crippen LogP contribution < -0.4 is 10.6 Å². The van der Waals surface area contributed by atoms with Gasteiger partial charge in [-0.15, -0.1) is 0 Å². The first-order chi connectivity index (χ1) is 18.0. The quantitative estimate of drug-likeness (QED) is 0.388. The number of nitrogens with zero attached hydrogens (tertiary/aromatic N) is 2. The molecule has 0 bridgehead atoms. The summed E-state index contributed by atoms with van der Waals surface area (Å²) in [6.45, 7) is 6.94. The van der Waals surface area contributed by atoms with Gasteiger partial charge in [-0.25, -0.2) is 9.59 Å². The van der Waals surface area contributed by atoms with Crippen LogP contribution in [-0.4, -0.2) is 73.7 Å². The highest BCUT2D eigenvalue weighted by Crippen LogP contribution is 2.28. The van der Waals surface area contributed by atoms with Crippen LogP contribution in [0.5, 0.6) is 0 Å². The van der Waals surface area contributed by atoms with Gasteiger partial charge in [0.2, 0.25) is 5.91 Å². The molecule has 2 aromatic carbocycles. The van der Waals surface area contributed by atoms with Crippen LogP contribution in [-0.2, 0) is 19.1 Å². The van der Waals surface area contributed by atoms with Gasteiger partial charge in [-0.2, -0.15) is 0 Å². The number of methoxy groups -OCH3 is 1. The normalized spacial score (nSPS) is 16.9. The number of esters is 1. The molecule has 9 heteroatoms. The predicted molar refractivity (Wildman–Crippen MR) is 149 cm³/mol. The number of carbonyl (C=O) groups excluding carboxylic acids is 3. The molecule has 0 spiro atoms. The number of likely N-dealkylation sites (tertiary alicyclic amines) is 1. The molecule has 1 fully saturated rings. The van der Waals surface area contributed by atoms with Gasteiger partial charge in [-0.05, 0) is 70.6 Å². The van der Waals surface area contributed by atoms with Crippen LogP contribution in [0.15, 0.2) is 54.6 Å². The Kier molecular flexibility index (Phi) is 9.66. The van der Waals surface area contributed by atoms with Crippen LogP contribution in [0.2, 0.25) is 0 Å². The lowest BCUT2D eigenvalue weighted by atomic mass is 10.0. The molecule has 0 aliphatic carbocycles. The number of para-hydroxylation sites is 2. The highest BCUT2D eigenvalue weighted by Gasteiger charge is 2.34. The number of nitrogens with one attached hydrogen (secondary N) is 2. The lowest BCUT2D eigenvalue weighted by molar-refractivity contribution is -0.147. The SMILES string of the molecule is COC(=O)C(c1ccc(/C=C/C(=O)Nc2ccccc2NC(=O)OC(C)(C)C)cc1)N1CC[C@H](N(C)C)C1. The summed E-state index contributed by atoms with van der Waals surface area (Å²) in [6, 6.07) is 14.3. The molecule has 1 aliphatic heterocycles. The van der Waals surface area contributed by atoms with E-state index >= 15 is 0 Å². The number of ether oxygens (including phenoxy) is 2. The van der Waals surface area contributed by atoms with Crippen molar-refractivity contribution in [1.29, 1.82) is 0 Å². The summed E-state index contributed by atoms with van der Waals surface area (Å²) in [5, 5.41) is 5.45. The molecule has 2 atom stereocenters. The molecule has 1 heterocycles. The van der Waals surface area contributed by atoms with Gasteiger partial charge in [0.1, 0.15) is 11.6 Å². The van der Waals surface area contributed by atoms with Gasteiger partial charge in [0.05, 0.1) is 18.5 Å². The highest BCUT2D eigenvalue weighted by molar-refractivity contribution is 6.05. The van der Waals surface area contributed by atoms with E-state index in [0.29, 0.717) is 17.4 Å². The largest absolute Gasteiger partial charge is 0.468 e. The standard InChI is InChI=1S/C29H38N4O5/c1-29(2,3)38-28(36)31-24-10-8-7-9-23(24)30-25(34)16-13-20-11-14-21(15-12-20)26(27(35)37-6)33-18-17-22(19-33)32(4)5/h7-16,22,26H,17-19H2,1-6H3,(H,30,34)(H,31,36)/b16-13+/t22-,26?/m0/s1. The number of likely N-dealkylation sites (N-methyl/N-ethyl adjacent to an activating group) is 1. The van der Waals surface area contributed by atoms with Crippen molar-refractivity contribution in [3.8, 4) is 0 Å². The maximum atomic E-state index is 12.6. The molecular weight excluding hydrogens is 484 g/mol. The molecule has 38 heavy (non-hydrogen) atoms. The molecular formula is C29H38N4O5. The highest BCUT2D eigenvalue weighted by atomic mass is 16.6. The van der Waals surface area contributed by atoms with Crippen molar-refractivity contribution in [3.05, 3.63) is 65.7 Å². The number of anilines is 2. The fourth-order valence-electron chi connectivity index (χ4n) is 4.28. The van der Waals surface area contributed by atoms with Gasteiger partial charge < -0.3 is 19.7 Å². The van der Waals surface area contributed by atoms with E-state index in [1.165, 1.54) is 13.2 Å². The van der Waals surface area contributed by atoms with E-state index < -0.39 is 17.7 Å². The second kappa shape index (κ2) is 12.7. The molecule has 2 amide bonds. The summed E-state index contributed by atoms with van der Waals surface area (Å²) < 4.78 is 10.4. The molecule has 1 aliphatic rings. The smallest absolute Gasteiger partial charge is 0.412 e. The number of rotatable bonds is 8. The third-order valence-electron chi connectivity index (χ3n) is 6.21. The lowest BCUT2D eigenvalue weighted by Crippen LogP contribution is -2.36. The minimum Gasteiger partial charge on any atom is -0.468 e. The zero-order valence-electron chi connectivity index (χ0n) is 23.0. The number of benzene rings is 2. The van der Waals surface area contributed by atoms with Crippen molar-refractivity contribution >= 4 is 35.4 Å². The first kappa shape index (κ1) is 28.9. The summed E-state index contributed by atoms with van der Waals surface area (Å²) in [6.07, 6.45) is 3.49. The first-order valence-corrected chi connectivity index (χ1v) is 12.6. The summed E-state index contributed by atoms with van der Waals surface area (Å²) in [5.74, 6) is -0.641. The van der Waals surface area contributed by atoms with Crippen LogP contribution >= 0.6 is 0 Å². The van der Waals surface area contributed by atoms with Gasteiger partial charge >= 0.3 is 12.1 Å². The molecule has 9 nitrogen and oxygen atoms in total. The second-order valence-corrected chi connectivity index (χ2v) is 10.5. The molecule has 0 aromatic heterocycles. The van der Waals surface area contributed by atoms with Crippen LogP contribution in [0.3, 0.4) is 0 Å². The van der Waals surface area contributed by atoms with Gasteiger partial charge in [0.15, 0.2) is 0 Å². The topological polar surface area (TPSA) is 100 Å².